The first-order valence-corrected chi connectivity index (χ1v) is 16.5. The number of carbonyl (C=O) groups excluding carboxylic acids is 5. The minimum absolute atomic E-state index is 0.253. The molecule has 0 unspecified atom stereocenters. The number of hydrogen-bond donors (Lipinski definition) is 3. The number of amides is 3. The van der Waals surface area contributed by atoms with Crippen LogP contribution in [0, 0.1) is 11.3 Å². The van der Waals surface area contributed by atoms with Gasteiger partial charge in [0.1, 0.15) is 18.2 Å². The third kappa shape index (κ3) is 7.81. The zero-order valence-electron chi connectivity index (χ0n) is 27.7. The van der Waals surface area contributed by atoms with Crippen molar-refractivity contribution in [3.8, 4) is 0 Å². The Kier molecular flexibility index (Phi) is 10.3. The predicted molar refractivity (Wildman–Crippen MR) is 174 cm³/mol. The van der Waals surface area contributed by atoms with Gasteiger partial charge in [0.15, 0.2) is 6.10 Å². The summed E-state index contributed by atoms with van der Waals surface area (Å²) in [6, 6.07) is 7.66. The van der Waals surface area contributed by atoms with E-state index in [2.05, 4.69) is 16.1 Å². The van der Waals surface area contributed by atoms with Gasteiger partial charge in [-0.05, 0) is 76.0 Å². The van der Waals surface area contributed by atoms with Crippen molar-refractivity contribution >= 4 is 46.6 Å². The second-order valence-corrected chi connectivity index (χ2v) is 13.3. The first-order chi connectivity index (χ1) is 22.3. The highest BCUT2D eigenvalue weighted by atomic mass is 16.6. The average Bonchev–Trinajstić information content (AvgIpc) is 3.05. The molecule has 3 amide bonds. The van der Waals surface area contributed by atoms with Crippen LogP contribution < -0.4 is 16.1 Å². The van der Waals surface area contributed by atoms with Gasteiger partial charge in [-0.3, -0.25) is 34.0 Å². The maximum Gasteiger partial charge on any atom is 0.316 e. The molecule has 2 fully saturated rings. The minimum Gasteiger partial charge on any atom is -0.463 e. The molecule has 3 heterocycles. The second-order valence-electron chi connectivity index (χ2n) is 13.3. The third-order valence-corrected chi connectivity index (χ3v) is 9.29. The number of carbonyl (C=O) groups is 5. The van der Waals surface area contributed by atoms with E-state index in [0.29, 0.717) is 50.8 Å². The molecular weight excluding hydrogens is 602 g/mol. The van der Waals surface area contributed by atoms with Gasteiger partial charge in [-0.1, -0.05) is 44.2 Å². The molecule has 5 rings (SSSR count). The molecule has 1 spiro atoms. The molecule has 1 aliphatic carbocycles. The van der Waals surface area contributed by atoms with Crippen LogP contribution in [0.15, 0.2) is 36.4 Å². The van der Waals surface area contributed by atoms with E-state index in [-0.39, 0.29) is 23.9 Å². The topological polar surface area (TPSA) is 156 Å². The molecule has 5 bridgehead atoms. The number of hydrogen-bond acceptors (Lipinski definition) is 9. The van der Waals surface area contributed by atoms with Gasteiger partial charge in [0.25, 0.3) is 11.8 Å². The van der Waals surface area contributed by atoms with Crippen LogP contribution in [-0.2, 0) is 33.4 Å². The largest absolute Gasteiger partial charge is 0.463 e. The molecule has 252 valence electrons. The van der Waals surface area contributed by atoms with Crippen molar-refractivity contribution in [1.82, 2.24) is 26.1 Å². The van der Waals surface area contributed by atoms with Crippen molar-refractivity contribution in [3.63, 3.8) is 0 Å². The van der Waals surface area contributed by atoms with Gasteiger partial charge in [-0.25, -0.2) is 5.43 Å². The molecule has 1 aromatic heterocycles. The van der Waals surface area contributed by atoms with Crippen LogP contribution in [0.25, 0.3) is 17.0 Å². The number of ether oxygens (including phenoxy) is 2. The van der Waals surface area contributed by atoms with Crippen LogP contribution in [0.2, 0.25) is 0 Å². The molecular formula is C35H45N5O7. The van der Waals surface area contributed by atoms with Gasteiger partial charge in [0, 0.05) is 18.9 Å². The Balaban J connectivity index is 1.52. The van der Waals surface area contributed by atoms with Crippen molar-refractivity contribution < 1.29 is 33.4 Å². The fourth-order valence-electron chi connectivity index (χ4n) is 6.49. The van der Waals surface area contributed by atoms with Crippen molar-refractivity contribution in [1.29, 1.82) is 0 Å². The zero-order valence-corrected chi connectivity index (χ0v) is 27.7. The molecule has 1 aromatic carbocycles. The number of fused-ring (bicyclic) bond motifs is 4. The number of aromatic nitrogens is 1. The molecule has 2 aromatic rings. The standard InChI is InChI=1S/C35H45N5O7/c1-20(2)30-32(43)37-22(4)33(44)40-18-6-7-28(39-40)31(42)36-21(3)27-11-10-25-9-8-24(19-29(25)38-27)12-15-35(34(45)47-30)16-13-26(14-17-35)46-23(5)41/h8-12,15,19-22,26,28,30,39H,6-7,13-14,16-18H2,1-5H3,(H,36,42)(H,37,43)/t21-,22+,26?,28+,30+,35?/m1/s1. The first-order valence-electron chi connectivity index (χ1n) is 16.5. The number of rotatable bonds is 2. The number of hydrazine groups is 1. The fourth-order valence-corrected chi connectivity index (χ4v) is 6.49. The summed E-state index contributed by atoms with van der Waals surface area (Å²) in [6.45, 7) is 8.72. The summed E-state index contributed by atoms with van der Waals surface area (Å²) in [5.41, 5.74) is 4.19. The van der Waals surface area contributed by atoms with E-state index in [1.165, 1.54) is 11.9 Å². The first kappa shape index (κ1) is 34.0. The smallest absolute Gasteiger partial charge is 0.316 e. The van der Waals surface area contributed by atoms with Gasteiger partial charge >= 0.3 is 11.9 Å². The third-order valence-electron chi connectivity index (χ3n) is 9.29. The Morgan fingerprint density at radius 3 is 2.40 bits per heavy atom. The molecule has 47 heavy (non-hydrogen) atoms. The summed E-state index contributed by atoms with van der Waals surface area (Å²) in [5.74, 6) is -2.54. The highest BCUT2D eigenvalue weighted by Gasteiger charge is 2.44. The van der Waals surface area contributed by atoms with Crippen molar-refractivity contribution in [2.75, 3.05) is 6.54 Å². The van der Waals surface area contributed by atoms with Gasteiger partial charge in [0.05, 0.1) is 22.7 Å². The van der Waals surface area contributed by atoms with E-state index in [9.17, 15) is 24.0 Å². The van der Waals surface area contributed by atoms with Gasteiger partial charge in [-0.2, -0.15) is 0 Å². The summed E-state index contributed by atoms with van der Waals surface area (Å²) in [7, 11) is 0. The molecule has 1 saturated heterocycles. The predicted octanol–water partition coefficient (Wildman–Crippen LogP) is 3.50. The maximum absolute atomic E-state index is 14.1. The van der Waals surface area contributed by atoms with E-state index in [4.69, 9.17) is 14.5 Å². The molecule has 4 atom stereocenters. The lowest BCUT2D eigenvalue weighted by Crippen LogP contribution is -2.61. The van der Waals surface area contributed by atoms with Gasteiger partial charge in [-0.15, -0.1) is 0 Å². The second kappa shape index (κ2) is 14.2. The number of nitrogens with zero attached hydrogens (tertiary/aromatic N) is 2. The normalized spacial score (nSPS) is 29.4. The Labute approximate surface area is 275 Å². The van der Waals surface area contributed by atoms with Gasteiger partial charge in [0.2, 0.25) is 5.91 Å². The molecule has 3 aliphatic rings. The quantitative estimate of drug-likeness (QED) is 0.415. The molecule has 12 nitrogen and oxygen atoms in total. The highest BCUT2D eigenvalue weighted by Crippen LogP contribution is 2.41. The molecule has 12 heteroatoms. The lowest BCUT2D eigenvalue weighted by molar-refractivity contribution is -0.169. The summed E-state index contributed by atoms with van der Waals surface area (Å²) in [6.07, 6.45) is 5.00. The summed E-state index contributed by atoms with van der Waals surface area (Å²) >= 11 is 0. The zero-order chi connectivity index (χ0) is 33.9. The van der Waals surface area contributed by atoms with Crippen LogP contribution in [-0.4, -0.2) is 70.5 Å². The Morgan fingerprint density at radius 1 is 1.00 bits per heavy atom. The Hall–Kier alpha value is -4.32. The summed E-state index contributed by atoms with van der Waals surface area (Å²) in [4.78, 5) is 70.7. The summed E-state index contributed by atoms with van der Waals surface area (Å²) < 4.78 is 11.4. The van der Waals surface area contributed by atoms with Gasteiger partial charge < -0.3 is 20.1 Å². The number of nitrogens with one attached hydrogen (secondary N) is 3. The lowest BCUT2D eigenvalue weighted by atomic mass is 9.72. The van der Waals surface area contributed by atoms with Crippen LogP contribution in [0.5, 0.6) is 0 Å². The molecule has 3 N–H and O–H groups in total. The van der Waals surface area contributed by atoms with Crippen LogP contribution in [0.4, 0.5) is 0 Å². The van der Waals surface area contributed by atoms with E-state index in [1.54, 1.807) is 20.8 Å². The number of esters is 2. The highest BCUT2D eigenvalue weighted by molar-refractivity contribution is 5.92. The molecule has 2 aliphatic heterocycles. The maximum atomic E-state index is 14.1. The average molecular weight is 648 g/mol. The van der Waals surface area contributed by atoms with E-state index in [1.807, 2.05) is 49.4 Å². The Morgan fingerprint density at radius 2 is 1.70 bits per heavy atom. The molecule has 0 radical (unpaired) electrons. The Bertz CT molecular complexity index is 1560. The summed E-state index contributed by atoms with van der Waals surface area (Å²) in [5, 5.41) is 8.05. The van der Waals surface area contributed by atoms with Crippen LogP contribution >= 0.6 is 0 Å². The van der Waals surface area contributed by atoms with Crippen molar-refractivity contribution in [2.24, 2.45) is 11.3 Å². The number of benzene rings is 1. The minimum atomic E-state index is -1.15. The van der Waals surface area contributed by atoms with Crippen molar-refractivity contribution in [3.05, 3.63) is 47.7 Å². The van der Waals surface area contributed by atoms with Crippen molar-refractivity contribution in [2.45, 2.75) is 103 Å². The molecule has 1 saturated carbocycles. The fraction of sp³-hybridized carbons (Fsp3) is 0.543. The monoisotopic (exact) mass is 647 g/mol. The van der Waals surface area contributed by atoms with Crippen LogP contribution in [0.3, 0.4) is 0 Å². The van der Waals surface area contributed by atoms with Crippen LogP contribution in [0.1, 0.15) is 90.4 Å². The van der Waals surface area contributed by atoms with E-state index in [0.717, 1.165) is 16.5 Å². The SMILES string of the molecule is CC(=O)OC1CCC2(C=Cc3ccc4ccc(nc4c3)[C@@H](C)NC(=O)[C@@H]3CCCN(N3)C(=O)[C@H](C)NC(=O)[C@H](C(C)C)OC2=O)CC1. The van der Waals surface area contributed by atoms with E-state index >= 15 is 0 Å². The van der Waals surface area contributed by atoms with E-state index < -0.39 is 47.4 Å². The lowest BCUT2D eigenvalue weighted by Gasteiger charge is -2.37. The number of pyridine rings is 1. The number of cyclic esters (lactones) is 1.